The van der Waals surface area contributed by atoms with E-state index in [0.29, 0.717) is 11.5 Å². The summed E-state index contributed by atoms with van der Waals surface area (Å²) in [7, 11) is 0. The summed E-state index contributed by atoms with van der Waals surface area (Å²) in [5.41, 5.74) is 21.2. The van der Waals surface area contributed by atoms with E-state index in [0.717, 1.165) is 49.7 Å². The number of hydrogen-bond donors (Lipinski definition) is 0. The lowest BCUT2D eigenvalue weighted by Crippen LogP contribution is -2.42. The minimum Gasteiger partial charge on any atom is -0.415 e. The molecular formula is C47H38N2O2. The molecule has 2 aromatic carbocycles. The number of ether oxygens (including phenoxy) is 2. The molecule has 1 spiro atoms. The smallest absolute Gasteiger partial charge is 0.415 e. The molecule has 4 heteroatoms. The summed E-state index contributed by atoms with van der Waals surface area (Å²) in [4.78, 5) is 9.35. The zero-order valence-corrected chi connectivity index (χ0v) is 29.0. The first kappa shape index (κ1) is 30.1. The summed E-state index contributed by atoms with van der Waals surface area (Å²) in [6, 6.07) is 11.2. The number of benzene rings is 2. The van der Waals surface area contributed by atoms with Gasteiger partial charge in [0.15, 0.2) is 0 Å². The van der Waals surface area contributed by atoms with Gasteiger partial charge < -0.3 is 9.47 Å². The van der Waals surface area contributed by atoms with Gasteiger partial charge in [-0.05, 0) is 143 Å². The predicted octanol–water partition coefficient (Wildman–Crippen LogP) is 11.1. The first-order valence-electron chi connectivity index (χ1n) is 18.0. The zero-order chi connectivity index (χ0) is 34.1. The van der Waals surface area contributed by atoms with Crippen LogP contribution in [0.1, 0.15) is 74.6 Å². The van der Waals surface area contributed by atoms with Crippen molar-refractivity contribution in [2.24, 2.45) is 9.98 Å². The fraction of sp³-hybridized carbons (Fsp3) is 0.191. The highest BCUT2D eigenvalue weighted by Gasteiger charge is 2.40. The number of hydrogen-bond acceptors (Lipinski definition) is 4. The number of fused-ring (bicyclic) bond motifs is 2. The molecule has 2 heterocycles. The quantitative estimate of drug-likeness (QED) is 0.309. The van der Waals surface area contributed by atoms with E-state index < -0.39 is 6.03 Å². The van der Waals surface area contributed by atoms with Gasteiger partial charge in [-0.25, -0.2) is 0 Å². The molecule has 1 unspecified atom stereocenters. The van der Waals surface area contributed by atoms with Crippen LogP contribution in [0.15, 0.2) is 175 Å². The molecule has 0 radical (unpaired) electrons. The second-order valence-corrected chi connectivity index (χ2v) is 14.8. The Morgan fingerprint density at radius 2 is 0.745 bits per heavy atom. The second-order valence-electron chi connectivity index (χ2n) is 14.8. The highest BCUT2D eigenvalue weighted by atomic mass is 16.7. The molecule has 2 aromatic rings. The first-order chi connectivity index (χ1) is 24.9. The van der Waals surface area contributed by atoms with Crippen molar-refractivity contribution in [3.05, 3.63) is 187 Å². The molecule has 4 nitrogen and oxygen atoms in total. The van der Waals surface area contributed by atoms with Crippen molar-refractivity contribution in [2.45, 2.75) is 58.4 Å². The third kappa shape index (κ3) is 5.47. The van der Waals surface area contributed by atoms with Crippen LogP contribution in [-0.2, 0) is 0 Å². The van der Waals surface area contributed by atoms with Gasteiger partial charge in [0, 0.05) is 23.6 Å². The molecule has 0 N–H and O–H groups in total. The molecule has 0 bridgehead atoms. The fourth-order valence-electron chi connectivity index (χ4n) is 8.21. The Kier molecular flexibility index (Phi) is 6.89. The van der Waals surface area contributed by atoms with Crippen LogP contribution in [0.4, 0.5) is 0 Å². The minimum absolute atomic E-state index is 0.711. The largest absolute Gasteiger partial charge is 0.471 e. The molecule has 0 saturated heterocycles. The van der Waals surface area contributed by atoms with Gasteiger partial charge in [0.2, 0.25) is 0 Å². The standard InChI is InChI=1S/C47H38N2O2/c1-29-3-5-31(19-29)33-7-9-35(21-33)36-11-12-37(23-36)38-13-14-40(24-38)42-16-18-46-44(26-42)28-49-47(51-46)48-27-43-25-41(15-17-45(43)50-47)39-10-8-34(22-39)32-6-4-30(2)20-32/h3-18,25-28H,19-24H2,1-2H3. The Balaban J connectivity index is 0.759. The second kappa shape index (κ2) is 11.7. The Hall–Kier alpha value is -5.74. The van der Waals surface area contributed by atoms with Crippen molar-refractivity contribution in [1.82, 2.24) is 0 Å². The van der Waals surface area contributed by atoms with Crippen molar-refractivity contribution in [1.29, 1.82) is 0 Å². The summed E-state index contributed by atoms with van der Waals surface area (Å²) in [6.07, 6.45) is 37.1. The van der Waals surface area contributed by atoms with E-state index in [1.807, 2.05) is 24.6 Å². The van der Waals surface area contributed by atoms with Gasteiger partial charge in [-0.2, -0.15) is 9.98 Å². The Labute approximate surface area is 299 Å². The molecule has 0 fully saturated rings. The maximum atomic E-state index is 6.34. The summed E-state index contributed by atoms with van der Waals surface area (Å²) < 4.78 is 12.7. The normalized spacial score (nSPS) is 23.9. The van der Waals surface area contributed by atoms with Crippen LogP contribution in [-0.4, -0.2) is 18.5 Å². The van der Waals surface area contributed by atoms with Crippen molar-refractivity contribution < 1.29 is 9.47 Å². The summed E-state index contributed by atoms with van der Waals surface area (Å²) >= 11 is 0. The van der Waals surface area contributed by atoms with Crippen molar-refractivity contribution in [2.75, 3.05) is 0 Å². The van der Waals surface area contributed by atoms with E-state index in [1.54, 1.807) is 0 Å². The van der Waals surface area contributed by atoms with Crippen LogP contribution in [0.2, 0.25) is 0 Å². The monoisotopic (exact) mass is 662 g/mol. The van der Waals surface area contributed by atoms with E-state index in [2.05, 4.69) is 121 Å². The molecule has 1 atom stereocenters. The fourth-order valence-corrected chi connectivity index (χ4v) is 8.21. The molecule has 0 amide bonds. The van der Waals surface area contributed by atoms with Gasteiger partial charge in [0.1, 0.15) is 11.5 Å². The summed E-state index contributed by atoms with van der Waals surface area (Å²) in [5, 5.41) is 0. The molecule has 8 aliphatic rings. The van der Waals surface area contributed by atoms with Crippen LogP contribution in [0.3, 0.4) is 0 Å². The van der Waals surface area contributed by atoms with E-state index in [1.165, 1.54) is 78.0 Å². The van der Waals surface area contributed by atoms with E-state index in [4.69, 9.17) is 9.47 Å². The van der Waals surface area contributed by atoms with Crippen molar-refractivity contribution in [3.63, 3.8) is 0 Å². The molecule has 0 saturated carbocycles. The lowest BCUT2D eigenvalue weighted by Gasteiger charge is -2.32. The molecule has 248 valence electrons. The molecule has 6 aliphatic carbocycles. The third-order valence-corrected chi connectivity index (χ3v) is 11.2. The average Bonchev–Trinajstić information content (AvgIpc) is 3.99. The van der Waals surface area contributed by atoms with Crippen LogP contribution in [0.5, 0.6) is 11.5 Å². The van der Waals surface area contributed by atoms with Crippen LogP contribution < -0.4 is 9.47 Å². The molecule has 2 aliphatic heterocycles. The van der Waals surface area contributed by atoms with E-state index >= 15 is 0 Å². The maximum Gasteiger partial charge on any atom is 0.471 e. The maximum absolute atomic E-state index is 6.34. The SMILES string of the molecule is CC1=CC=C(C2=CC=C(C3=CC=C(C4=CC=C(c5ccc6c(c5)C=NC5(N=Cc7cc(C8=CC=C(C9=CC=C(C)C9)C8)ccc7O5)O6)C4)C3)C2)C1. The Morgan fingerprint density at radius 3 is 1.12 bits per heavy atom. The van der Waals surface area contributed by atoms with Gasteiger partial charge in [-0.15, -0.1) is 0 Å². The number of allylic oxidation sites excluding steroid dienone is 24. The highest BCUT2D eigenvalue weighted by molar-refractivity contribution is 5.90. The van der Waals surface area contributed by atoms with E-state index in [-0.39, 0.29) is 0 Å². The van der Waals surface area contributed by atoms with Crippen LogP contribution >= 0.6 is 0 Å². The Morgan fingerprint density at radius 1 is 0.412 bits per heavy atom. The van der Waals surface area contributed by atoms with Gasteiger partial charge in [0.05, 0.1) is 0 Å². The highest BCUT2D eigenvalue weighted by Crippen LogP contribution is 2.43. The number of rotatable bonds is 6. The molecular weight excluding hydrogens is 625 g/mol. The minimum atomic E-state index is -1.44. The van der Waals surface area contributed by atoms with Crippen molar-refractivity contribution >= 4 is 23.6 Å². The number of aliphatic imine (C=N–C) groups is 2. The van der Waals surface area contributed by atoms with E-state index in [9.17, 15) is 0 Å². The van der Waals surface area contributed by atoms with Crippen LogP contribution in [0, 0.1) is 0 Å². The van der Waals surface area contributed by atoms with Crippen LogP contribution in [0.25, 0.3) is 11.1 Å². The zero-order valence-electron chi connectivity index (χ0n) is 29.0. The van der Waals surface area contributed by atoms with Crippen molar-refractivity contribution in [3.8, 4) is 11.5 Å². The summed E-state index contributed by atoms with van der Waals surface area (Å²) in [5.74, 6) is 1.42. The topological polar surface area (TPSA) is 43.2 Å². The van der Waals surface area contributed by atoms with Gasteiger partial charge in [-0.1, -0.05) is 96.2 Å². The third-order valence-electron chi connectivity index (χ3n) is 11.2. The molecule has 10 rings (SSSR count). The lowest BCUT2D eigenvalue weighted by molar-refractivity contribution is -0.102. The molecule has 51 heavy (non-hydrogen) atoms. The average molecular weight is 663 g/mol. The first-order valence-corrected chi connectivity index (χ1v) is 18.0. The number of nitrogens with zero attached hydrogens (tertiary/aromatic N) is 2. The predicted molar refractivity (Wildman–Crippen MR) is 208 cm³/mol. The van der Waals surface area contributed by atoms with Gasteiger partial charge >= 0.3 is 6.03 Å². The summed E-state index contributed by atoms with van der Waals surface area (Å²) in [6.45, 7) is 4.41. The lowest BCUT2D eigenvalue weighted by atomic mass is 9.93. The Bertz CT molecular complexity index is 2420. The molecule has 0 aromatic heterocycles. The van der Waals surface area contributed by atoms with Gasteiger partial charge in [-0.3, -0.25) is 0 Å². The van der Waals surface area contributed by atoms with Gasteiger partial charge in [0.25, 0.3) is 0 Å².